The minimum absolute atomic E-state index is 0.0462. The molecular weight excluding hydrogens is 253 g/mol. The van der Waals surface area contributed by atoms with E-state index in [1.165, 1.54) is 29.8 Å². The zero-order valence-electron chi connectivity index (χ0n) is 11.6. The molecule has 0 N–H and O–H groups in total. The quantitative estimate of drug-likeness (QED) is 0.749. The van der Waals surface area contributed by atoms with Gasteiger partial charge < -0.3 is 4.90 Å². The molecule has 2 aromatic rings. The molecule has 0 unspecified atom stereocenters. The summed E-state index contributed by atoms with van der Waals surface area (Å²) in [5, 5.41) is 0. The molecule has 0 aliphatic carbocycles. The maximum atomic E-state index is 12.8. The lowest BCUT2D eigenvalue weighted by atomic mass is 10.1. The monoisotopic (exact) mass is 271 g/mol. The van der Waals surface area contributed by atoms with E-state index >= 15 is 0 Å². The predicted molar refractivity (Wildman–Crippen MR) is 78.1 cm³/mol. The van der Waals surface area contributed by atoms with E-state index in [-0.39, 0.29) is 11.6 Å². The number of carbonyl (C=O) groups is 1. The van der Waals surface area contributed by atoms with Crippen LogP contribution in [0.25, 0.3) is 0 Å². The fourth-order valence-corrected chi connectivity index (χ4v) is 2.05. The van der Waals surface area contributed by atoms with E-state index in [1.807, 2.05) is 25.2 Å². The van der Waals surface area contributed by atoms with E-state index in [9.17, 15) is 9.18 Å². The Kier molecular flexibility index (Phi) is 5.02. The lowest BCUT2D eigenvalue weighted by Gasteiger charge is -2.16. The third-order valence-electron chi connectivity index (χ3n) is 3.18. The number of hydrogen-bond donors (Lipinski definition) is 0. The Balaban J connectivity index is 1.82. The second kappa shape index (κ2) is 6.96. The summed E-state index contributed by atoms with van der Waals surface area (Å²) >= 11 is 0. The molecule has 0 radical (unpaired) electrons. The molecule has 20 heavy (non-hydrogen) atoms. The van der Waals surface area contributed by atoms with Crippen molar-refractivity contribution in [3.05, 3.63) is 71.5 Å². The van der Waals surface area contributed by atoms with Gasteiger partial charge in [0, 0.05) is 25.1 Å². The summed E-state index contributed by atoms with van der Waals surface area (Å²) in [5.74, 6) is -0.271. The number of ketones is 1. The molecule has 104 valence electrons. The fraction of sp³-hybridized carbons (Fsp3) is 0.235. The van der Waals surface area contributed by atoms with Crippen LogP contribution in [0.15, 0.2) is 54.6 Å². The molecule has 2 nitrogen and oxygen atoms in total. The zero-order chi connectivity index (χ0) is 14.4. The van der Waals surface area contributed by atoms with Crippen LogP contribution in [0.5, 0.6) is 0 Å². The van der Waals surface area contributed by atoms with Crippen LogP contribution in [0.4, 0.5) is 4.39 Å². The second-order valence-corrected chi connectivity index (χ2v) is 4.90. The molecule has 0 aliphatic rings. The molecule has 0 fully saturated rings. The highest BCUT2D eigenvalue weighted by molar-refractivity contribution is 5.96. The van der Waals surface area contributed by atoms with Crippen LogP contribution in [0, 0.1) is 5.82 Å². The Morgan fingerprint density at radius 1 is 1.05 bits per heavy atom. The smallest absolute Gasteiger partial charge is 0.164 e. The number of benzene rings is 2. The Morgan fingerprint density at radius 3 is 2.35 bits per heavy atom. The SMILES string of the molecule is CN(CCC(=O)c1ccc(F)cc1)Cc1ccccc1. The summed E-state index contributed by atoms with van der Waals surface area (Å²) in [4.78, 5) is 14.1. The Hall–Kier alpha value is -2.00. The van der Waals surface area contributed by atoms with Crippen LogP contribution in [0.1, 0.15) is 22.3 Å². The van der Waals surface area contributed by atoms with Gasteiger partial charge in [-0.15, -0.1) is 0 Å². The number of nitrogens with zero attached hydrogens (tertiary/aromatic N) is 1. The third kappa shape index (κ3) is 4.28. The standard InChI is InChI=1S/C17H18FNO/c1-19(13-14-5-3-2-4-6-14)12-11-17(20)15-7-9-16(18)10-8-15/h2-10H,11-13H2,1H3. The van der Waals surface area contributed by atoms with Gasteiger partial charge in [-0.2, -0.15) is 0 Å². The van der Waals surface area contributed by atoms with Crippen molar-refractivity contribution in [3.63, 3.8) is 0 Å². The van der Waals surface area contributed by atoms with Gasteiger partial charge in [-0.1, -0.05) is 30.3 Å². The molecule has 0 amide bonds. The van der Waals surface area contributed by atoms with Crippen LogP contribution < -0.4 is 0 Å². The first-order valence-corrected chi connectivity index (χ1v) is 6.66. The van der Waals surface area contributed by atoms with E-state index in [4.69, 9.17) is 0 Å². The molecule has 3 heteroatoms. The average molecular weight is 271 g/mol. The Labute approximate surface area is 118 Å². The maximum Gasteiger partial charge on any atom is 0.164 e. The van der Waals surface area contributed by atoms with Crippen LogP contribution in [-0.2, 0) is 6.54 Å². The number of Topliss-reactive ketones (excluding diaryl/α,β-unsaturated/α-hetero) is 1. The molecule has 0 aromatic heterocycles. The van der Waals surface area contributed by atoms with Crippen molar-refractivity contribution in [1.82, 2.24) is 4.90 Å². The van der Waals surface area contributed by atoms with E-state index in [0.29, 0.717) is 18.5 Å². The van der Waals surface area contributed by atoms with Gasteiger partial charge >= 0.3 is 0 Å². The van der Waals surface area contributed by atoms with Crippen LogP contribution in [0.3, 0.4) is 0 Å². The van der Waals surface area contributed by atoms with Gasteiger partial charge in [0.15, 0.2) is 5.78 Å². The van der Waals surface area contributed by atoms with Gasteiger partial charge in [0.05, 0.1) is 0 Å². The van der Waals surface area contributed by atoms with Crippen LogP contribution in [-0.4, -0.2) is 24.3 Å². The van der Waals surface area contributed by atoms with Gasteiger partial charge in [0.25, 0.3) is 0 Å². The molecule has 0 heterocycles. The molecule has 0 spiro atoms. The highest BCUT2D eigenvalue weighted by Gasteiger charge is 2.08. The molecular formula is C17H18FNO. The van der Waals surface area contributed by atoms with E-state index in [2.05, 4.69) is 17.0 Å². The van der Waals surface area contributed by atoms with Crippen molar-refractivity contribution < 1.29 is 9.18 Å². The van der Waals surface area contributed by atoms with Gasteiger partial charge in [-0.25, -0.2) is 4.39 Å². The van der Waals surface area contributed by atoms with E-state index in [0.717, 1.165) is 6.54 Å². The molecule has 0 aliphatic heterocycles. The number of halogens is 1. The summed E-state index contributed by atoms with van der Waals surface area (Å²) in [6, 6.07) is 15.9. The highest BCUT2D eigenvalue weighted by atomic mass is 19.1. The maximum absolute atomic E-state index is 12.8. The molecule has 0 bridgehead atoms. The minimum Gasteiger partial charge on any atom is -0.302 e. The lowest BCUT2D eigenvalue weighted by molar-refractivity contribution is 0.0968. The summed E-state index contributed by atoms with van der Waals surface area (Å²) in [6.07, 6.45) is 0.439. The highest BCUT2D eigenvalue weighted by Crippen LogP contribution is 2.08. The van der Waals surface area contributed by atoms with Crippen molar-refractivity contribution in [2.45, 2.75) is 13.0 Å². The fourth-order valence-electron chi connectivity index (χ4n) is 2.05. The number of rotatable bonds is 6. The van der Waals surface area contributed by atoms with Crippen LogP contribution >= 0.6 is 0 Å². The molecule has 2 aromatic carbocycles. The summed E-state index contributed by atoms with van der Waals surface area (Å²) in [7, 11) is 1.99. The molecule has 0 saturated heterocycles. The summed E-state index contributed by atoms with van der Waals surface area (Å²) in [5.41, 5.74) is 1.80. The number of carbonyl (C=O) groups excluding carboxylic acids is 1. The lowest BCUT2D eigenvalue weighted by Crippen LogP contribution is -2.21. The minimum atomic E-state index is -0.317. The average Bonchev–Trinajstić information content (AvgIpc) is 2.46. The van der Waals surface area contributed by atoms with Crippen molar-refractivity contribution in [2.75, 3.05) is 13.6 Å². The van der Waals surface area contributed by atoms with Gasteiger partial charge in [-0.3, -0.25) is 4.79 Å². The third-order valence-corrected chi connectivity index (χ3v) is 3.18. The molecule has 2 rings (SSSR count). The summed E-state index contributed by atoms with van der Waals surface area (Å²) in [6.45, 7) is 1.50. The first kappa shape index (κ1) is 14.4. The van der Waals surface area contributed by atoms with Crippen LogP contribution in [0.2, 0.25) is 0 Å². The van der Waals surface area contributed by atoms with Gasteiger partial charge in [0.2, 0.25) is 0 Å². The van der Waals surface area contributed by atoms with Gasteiger partial charge in [0.1, 0.15) is 5.82 Å². The van der Waals surface area contributed by atoms with Crippen molar-refractivity contribution in [3.8, 4) is 0 Å². The van der Waals surface area contributed by atoms with Crippen molar-refractivity contribution in [1.29, 1.82) is 0 Å². The zero-order valence-corrected chi connectivity index (χ0v) is 11.6. The second-order valence-electron chi connectivity index (χ2n) is 4.90. The Bertz CT molecular complexity index is 551. The van der Waals surface area contributed by atoms with Crippen molar-refractivity contribution >= 4 is 5.78 Å². The normalized spacial score (nSPS) is 10.8. The number of hydrogen-bond acceptors (Lipinski definition) is 2. The largest absolute Gasteiger partial charge is 0.302 e. The topological polar surface area (TPSA) is 20.3 Å². The summed E-state index contributed by atoms with van der Waals surface area (Å²) < 4.78 is 12.8. The van der Waals surface area contributed by atoms with Crippen molar-refractivity contribution in [2.24, 2.45) is 0 Å². The first-order valence-electron chi connectivity index (χ1n) is 6.66. The molecule has 0 atom stereocenters. The van der Waals surface area contributed by atoms with E-state index < -0.39 is 0 Å². The first-order chi connectivity index (χ1) is 9.65. The molecule has 0 saturated carbocycles. The Morgan fingerprint density at radius 2 is 1.70 bits per heavy atom. The predicted octanol–water partition coefficient (Wildman–Crippen LogP) is 3.53. The van der Waals surface area contributed by atoms with Gasteiger partial charge in [-0.05, 0) is 36.9 Å². The van der Waals surface area contributed by atoms with E-state index in [1.54, 1.807) is 0 Å².